The average Bonchev–Trinajstić information content (AvgIpc) is 2.75. The molecule has 6 nitrogen and oxygen atoms in total. The van der Waals surface area contributed by atoms with Crippen molar-refractivity contribution in [2.45, 2.75) is 0 Å². The summed E-state index contributed by atoms with van der Waals surface area (Å²) in [5.74, 6) is 0.530. The Bertz CT molecular complexity index is 1190. The van der Waals surface area contributed by atoms with Crippen molar-refractivity contribution in [3.63, 3.8) is 0 Å². The molecule has 0 bridgehead atoms. The second-order valence-electron chi connectivity index (χ2n) is 6.14. The van der Waals surface area contributed by atoms with E-state index in [0.717, 1.165) is 5.56 Å². The molecule has 4 aromatic rings. The van der Waals surface area contributed by atoms with Crippen LogP contribution in [0.2, 0.25) is 0 Å². The Morgan fingerprint density at radius 1 is 0.786 bits per heavy atom. The SMILES string of the molecule is O=c1c(-c2ccc([N+](=O)[O-])cc2)cnc(-c2ccccc2)n1-c1ccccc1. The largest absolute Gasteiger partial charge is 0.269 e. The molecule has 1 aromatic heterocycles. The number of non-ortho nitro benzene ring substituents is 1. The van der Waals surface area contributed by atoms with E-state index in [1.54, 1.807) is 16.7 Å². The summed E-state index contributed by atoms with van der Waals surface area (Å²) in [4.78, 5) is 28.3. The topological polar surface area (TPSA) is 78.0 Å². The van der Waals surface area contributed by atoms with Crippen molar-refractivity contribution < 1.29 is 4.92 Å². The van der Waals surface area contributed by atoms with Crippen LogP contribution < -0.4 is 5.56 Å². The highest BCUT2D eigenvalue weighted by Crippen LogP contribution is 2.23. The molecule has 0 amide bonds. The highest BCUT2D eigenvalue weighted by Gasteiger charge is 2.15. The Balaban J connectivity index is 1.94. The van der Waals surface area contributed by atoms with Crippen LogP contribution in [-0.2, 0) is 0 Å². The molecule has 1 heterocycles. The van der Waals surface area contributed by atoms with E-state index in [9.17, 15) is 14.9 Å². The second-order valence-corrected chi connectivity index (χ2v) is 6.14. The fourth-order valence-corrected chi connectivity index (χ4v) is 3.02. The van der Waals surface area contributed by atoms with E-state index < -0.39 is 4.92 Å². The van der Waals surface area contributed by atoms with Gasteiger partial charge in [-0.3, -0.25) is 19.5 Å². The van der Waals surface area contributed by atoms with Crippen LogP contribution in [0.1, 0.15) is 0 Å². The first kappa shape index (κ1) is 17.4. The lowest BCUT2D eigenvalue weighted by Crippen LogP contribution is -2.23. The summed E-state index contributed by atoms with van der Waals surface area (Å²) in [5, 5.41) is 10.9. The van der Waals surface area contributed by atoms with Gasteiger partial charge in [0.2, 0.25) is 0 Å². The minimum Gasteiger partial charge on any atom is -0.268 e. The normalized spacial score (nSPS) is 10.6. The van der Waals surface area contributed by atoms with Gasteiger partial charge in [-0.2, -0.15) is 0 Å². The van der Waals surface area contributed by atoms with Crippen LogP contribution in [0.5, 0.6) is 0 Å². The van der Waals surface area contributed by atoms with Gasteiger partial charge in [0, 0.05) is 23.9 Å². The molecule has 0 aliphatic rings. The van der Waals surface area contributed by atoms with Gasteiger partial charge in [-0.25, -0.2) is 4.98 Å². The van der Waals surface area contributed by atoms with Gasteiger partial charge in [-0.05, 0) is 29.8 Å². The zero-order valence-electron chi connectivity index (χ0n) is 14.7. The lowest BCUT2D eigenvalue weighted by Gasteiger charge is -2.14. The van der Waals surface area contributed by atoms with E-state index in [2.05, 4.69) is 4.98 Å². The second kappa shape index (κ2) is 7.28. The zero-order valence-corrected chi connectivity index (χ0v) is 14.7. The molecule has 0 aliphatic carbocycles. The van der Waals surface area contributed by atoms with Gasteiger partial charge in [0.15, 0.2) is 0 Å². The van der Waals surface area contributed by atoms with E-state index in [1.807, 2.05) is 60.7 Å². The molecule has 0 aliphatic heterocycles. The summed E-state index contributed by atoms with van der Waals surface area (Å²) < 4.78 is 1.56. The molecule has 28 heavy (non-hydrogen) atoms. The highest BCUT2D eigenvalue weighted by atomic mass is 16.6. The van der Waals surface area contributed by atoms with Crippen LogP contribution in [0, 0.1) is 10.1 Å². The number of hydrogen-bond acceptors (Lipinski definition) is 4. The summed E-state index contributed by atoms with van der Waals surface area (Å²) >= 11 is 0. The van der Waals surface area contributed by atoms with Crippen LogP contribution in [0.4, 0.5) is 5.69 Å². The van der Waals surface area contributed by atoms with Crippen molar-refractivity contribution in [2.75, 3.05) is 0 Å². The number of aromatic nitrogens is 2. The van der Waals surface area contributed by atoms with Crippen molar-refractivity contribution >= 4 is 5.69 Å². The third kappa shape index (κ3) is 3.19. The van der Waals surface area contributed by atoms with Crippen molar-refractivity contribution in [3.8, 4) is 28.2 Å². The summed E-state index contributed by atoms with van der Waals surface area (Å²) in [7, 11) is 0. The third-order valence-corrected chi connectivity index (χ3v) is 4.40. The van der Waals surface area contributed by atoms with E-state index in [0.29, 0.717) is 22.6 Å². The molecule has 0 fully saturated rings. The minimum absolute atomic E-state index is 0.0269. The first-order valence-electron chi connectivity index (χ1n) is 8.63. The average molecular weight is 369 g/mol. The number of para-hydroxylation sites is 1. The smallest absolute Gasteiger partial charge is 0.268 e. The Morgan fingerprint density at radius 3 is 2.00 bits per heavy atom. The van der Waals surface area contributed by atoms with Crippen LogP contribution in [0.15, 0.2) is 95.9 Å². The van der Waals surface area contributed by atoms with Crippen LogP contribution in [-0.4, -0.2) is 14.5 Å². The van der Waals surface area contributed by atoms with E-state index in [1.165, 1.54) is 18.3 Å². The molecule has 136 valence electrons. The first-order valence-corrected chi connectivity index (χ1v) is 8.63. The Labute approximate surface area is 160 Å². The van der Waals surface area contributed by atoms with Gasteiger partial charge in [0.05, 0.1) is 16.2 Å². The predicted octanol–water partition coefficient (Wildman–Crippen LogP) is 4.47. The molecule has 0 saturated carbocycles. The molecule has 6 heteroatoms. The van der Waals surface area contributed by atoms with Crippen molar-refractivity contribution in [1.29, 1.82) is 0 Å². The van der Waals surface area contributed by atoms with Crippen LogP contribution >= 0.6 is 0 Å². The maximum atomic E-state index is 13.4. The van der Waals surface area contributed by atoms with Crippen LogP contribution in [0.25, 0.3) is 28.2 Å². The number of nitro benzene ring substituents is 1. The van der Waals surface area contributed by atoms with Gasteiger partial charge in [-0.1, -0.05) is 48.5 Å². The zero-order chi connectivity index (χ0) is 19.5. The third-order valence-electron chi connectivity index (χ3n) is 4.40. The van der Waals surface area contributed by atoms with Crippen LogP contribution in [0.3, 0.4) is 0 Å². The quantitative estimate of drug-likeness (QED) is 0.393. The number of rotatable bonds is 4. The predicted molar refractivity (Wildman–Crippen MR) is 107 cm³/mol. The molecule has 4 rings (SSSR count). The fraction of sp³-hybridized carbons (Fsp3) is 0. The first-order chi connectivity index (χ1) is 13.6. The molecule has 0 saturated heterocycles. The number of nitrogens with zero attached hydrogens (tertiary/aromatic N) is 3. The summed E-state index contributed by atoms with van der Waals surface area (Å²) in [6, 6.07) is 24.6. The summed E-state index contributed by atoms with van der Waals surface area (Å²) in [6.07, 6.45) is 1.52. The standard InChI is InChI=1S/C22H15N3O3/c26-22-20(16-11-13-19(14-12-16)25(27)28)15-23-21(17-7-3-1-4-8-17)24(22)18-9-5-2-6-10-18/h1-15H. The van der Waals surface area contributed by atoms with Gasteiger partial charge >= 0.3 is 0 Å². The van der Waals surface area contributed by atoms with E-state index in [4.69, 9.17) is 0 Å². The lowest BCUT2D eigenvalue weighted by molar-refractivity contribution is -0.384. The lowest BCUT2D eigenvalue weighted by atomic mass is 10.1. The van der Waals surface area contributed by atoms with Crippen molar-refractivity contribution in [2.24, 2.45) is 0 Å². The van der Waals surface area contributed by atoms with Crippen molar-refractivity contribution in [3.05, 3.63) is 112 Å². The fourth-order valence-electron chi connectivity index (χ4n) is 3.02. The van der Waals surface area contributed by atoms with E-state index >= 15 is 0 Å². The number of benzene rings is 3. The number of hydrogen-bond donors (Lipinski definition) is 0. The molecule has 0 atom stereocenters. The molecular formula is C22H15N3O3. The van der Waals surface area contributed by atoms with Gasteiger partial charge in [0.1, 0.15) is 5.82 Å². The Morgan fingerprint density at radius 2 is 1.39 bits per heavy atom. The maximum Gasteiger partial charge on any atom is 0.269 e. The molecule has 0 spiro atoms. The summed E-state index contributed by atoms with van der Waals surface area (Å²) in [5.41, 5.74) is 2.20. The Kier molecular flexibility index (Phi) is 4.51. The molecule has 0 unspecified atom stereocenters. The van der Waals surface area contributed by atoms with E-state index in [-0.39, 0.29) is 11.2 Å². The Hall–Kier alpha value is -4.06. The van der Waals surface area contributed by atoms with Gasteiger partial charge in [-0.15, -0.1) is 0 Å². The molecule has 0 radical (unpaired) electrons. The summed E-state index contributed by atoms with van der Waals surface area (Å²) in [6.45, 7) is 0. The maximum absolute atomic E-state index is 13.4. The highest BCUT2D eigenvalue weighted by molar-refractivity contribution is 5.67. The monoisotopic (exact) mass is 369 g/mol. The van der Waals surface area contributed by atoms with Gasteiger partial charge < -0.3 is 0 Å². The minimum atomic E-state index is -0.469. The molecule has 0 N–H and O–H groups in total. The van der Waals surface area contributed by atoms with Gasteiger partial charge in [0.25, 0.3) is 11.2 Å². The number of nitro groups is 1. The molecule has 3 aromatic carbocycles. The molecular weight excluding hydrogens is 354 g/mol. The van der Waals surface area contributed by atoms with Crippen molar-refractivity contribution in [1.82, 2.24) is 9.55 Å².